The molecule has 2 saturated heterocycles. The van der Waals surface area contributed by atoms with Crippen molar-refractivity contribution in [3.05, 3.63) is 35.9 Å². The lowest BCUT2D eigenvalue weighted by atomic mass is 10.1. The van der Waals surface area contributed by atoms with Crippen LogP contribution in [0.25, 0.3) is 0 Å². The van der Waals surface area contributed by atoms with Crippen molar-refractivity contribution in [2.45, 2.75) is 12.5 Å². The quantitative estimate of drug-likeness (QED) is 0.817. The fraction of sp³-hybridized carbons (Fsp3) is 0.467. The molecule has 3 amide bonds. The lowest BCUT2D eigenvalue weighted by Crippen LogP contribution is -2.46. The van der Waals surface area contributed by atoms with Crippen LogP contribution in [0.2, 0.25) is 0 Å². The highest BCUT2D eigenvalue weighted by atomic mass is 16.5. The maximum absolute atomic E-state index is 12.4. The molecular weight excluding hydrogens is 270 g/mol. The van der Waals surface area contributed by atoms with Gasteiger partial charge in [0, 0.05) is 19.5 Å². The number of nitrogens with zero attached hydrogens (tertiary/aromatic N) is 2. The van der Waals surface area contributed by atoms with E-state index in [4.69, 9.17) is 4.74 Å². The molecular formula is C15H19N3O3. The Hall–Kier alpha value is -1.92. The first kappa shape index (κ1) is 14.0. The molecule has 1 N–H and O–H groups in total. The number of carbonyl (C=O) groups is 2. The van der Waals surface area contributed by atoms with Crippen molar-refractivity contribution in [3.8, 4) is 0 Å². The van der Waals surface area contributed by atoms with Crippen LogP contribution in [0.3, 0.4) is 0 Å². The molecule has 1 aromatic rings. The Balaban J connectivity index is 1.61. The highest BCUT2D eigenvalue weighted by Gasteiger charge is 2.38. The fourth-order valence-corrected chi connectivity index (χ4v) is 2.64. The number of nitrogens with one attached hydrogen (secondary N) is 1. The summed E-state index contributed by atoms with van der Waals surface area (Å²) in [6.45, 7) is 3.15. The second-order valence-electron chi connectivity index (χ2n) is 5.33. The van der Waals surface area contributed by atoms with E-state index < -0.39 is 6.04 Å². The van der Waals surface area contributed by atoms with Gasteiger partial charge in [-0.05, 0) is 5.56 Å². The van der Waals surface area contributed by atoms with Gasteiger partial charge in [0.05, 0.1) is 19.9 Å². The first-order valence-electron chi connectivity index (χ1n) is 7.20. The number of ether oxygens (including phenoxy) is 1. The van der Waals surface area contributed by atoms with Gasteiger partial charge in [-0.15, -0.1) is 0 Å². The van der Waals surface area contributed by atoms with Gasteiger partial charge in [-0.3, -0.25) is 9.69 Å². The van der Waals surface area contributed by atoms with Gasteiger partial charge >= 0.3 is 6.03 Å². The van der Waals surface area contributed by atoms with Crippen molar-refractivity contribution in [2.24, 2.45) is 0 Å². The number of urea groups is 1. The van der Waals surface area contributed by atoms with E-state index >= 15 is 0 Å². The molecule has 1 atom stereocenters. The monoisotopic (exact) mass is 289 g/mol. The first-order chi connectivity index (χ1) is 10.2. The molecule has 2 heterocycles. The summed E-state index contributed by atoms with van der Waals surface area (Å²) in [6.07, 6.45) is 0.533. The number of hydrogen-bond acceptors (Lipinski definition) is 4. The molecule has 0 aliphatic carbocycles. The highest BCUT2D eigenvalue weighted by molar-refractivity contribution is 6.04. The Bertz CT molecular complexity index is 514. The van der Waals surface area contributed by atoms with Crippen LogP contribution < -0.4 is 5.32 Å². The average Bonchev–Trinajstić information content (AvgIpc) is 2.77. The van der Waals surface area contributed by atoms with E-state index in [1.165, 1.54) is 4.90 Å². The largest absolute Gasteiger partial charge is 0.379 e. The van der Waals surface area contributed by atoms with E-state index in [-0.39, 0.29) is 11.9 Å². The zero-order chi connectivity index (χ0) is 14.7. The maximum atomic E-state index is 12.4. The molecule has 112 valence electrons. The summed E-state index contributed by atoms with van der Waals surface area (Å²) in [4.78, 5) is 27.7. The molecule has 2 aliphatic heterocycles. The Morgan fingerprint density at radius 2 is 1.86 bits per heavy atom. The minimum atomic E-state index is -0.457. The molecule has 2 fully saturated rings. The van der Waals surface area contributed by atoms with Gasteiger partial charge in [0.2, 0.25) is 0 Å². The molecule has 0 unspecified atom stereocenters. The summed E-state index contributed by atoms with van der Waals surface area (Å²) in [5, 5.41) is 2.77. The highest BCUT2D eigenvalue weighted by Crippen LogP contribution is 2.13. The SMILES string of the molecule is O=C1N[C@@H](Cc2ccccc2)C(=O)N1CN1CCOCC1. The fourth-order valence-electron chi connectivity index (χ4n) is 2.64. The van der Waals surface area contributed by atoms with Gasteiger partial charge in [-0.25, -0.2) is 9.69 Å². The molecule has 2 aliphatic rings. The van der Waals surface area contributed by atoms with Crippen molar-refractivity contribution < 1.29 is 14.3 Å². The number of morpholine rings is 1. The van der Waals surface area contributed by atoms with E-state index in [9.17, 15) is 9.59 Å². The minimum Gasteiger partial charge on any atom is -0.379 e. The molecule has 3 rings (SSSR count). The second kappa shape index (κ2) is 6.24. The maximum Gasteiger partial charge on any atom is 0.325 e. The third-order valence-electron chi connectivity index (χ3n) is 3.83. The first-order valence-corrected chi connectivity index (χ1v) is 7.20. The van der Waals surface area contributed by atoms with Crippen molar-refractivity contribution in [1.82, 2.24) is 15.1 Å². The van der Waals surface area contributed by atoms with Gasteiger partial charge in [0.1, 0.15) is 6.04 Å². The number of carbonyl (C=O) groups excluding carboxylic acids is 2. The molecule has 0 spiro atoms. The van der Waals surface area contributed by atoms with Crippen LogP contribution >= 0.6 is 0 Å². The third-order valence-corrected chi connectivity index (χ3v) is 3.83. The van der Waals surface area contributed by atoms with Gasteiger partial charge < -0.3 is 10.1 Å². The summed E-state index contributed by atoms with van der Waals surface area (Å²) >= 11 is 0. The number of rotatable bonds is 4. The number of imide groups is 1. The number of hydrogen-bond donors (Lipinski definition) is 1. The Morgan fingerprint density at radius 3 is 2.57 bits per heavy atom. The Morgan fingerprint density at radius 1 is 1.14 bits per heavy atom. The van der Waals surface area contributed by atoms with Gasteiger partial charge in [-0.1, -0.05) is 30.3 Å². The zero-order valence-corrected chi connectivity index (χ0v) is 11.8. The van der Waals surface area contributed by atoms with Gasteiger partial charge in [0.25, 0.3) is 5.91 Å². The predicted molar refractivity (Wildman–Crippen MR) is 76.6 cm³/mol. The minimum absolute atomic E-state index is 0.143. The predicted octanol–water partition coefficient (Wildman–Crippen LogP) is 0.439. The third kappa shape index (κ3) is 3.22. The van der Waals surface area contributed by atoms with Crippen LogP contribution in [0, 0.1) is 0 Å². The molecule has 21 heavy (non-hydrogen) atoms. The summed E-state index contributed by atoms with van der Waals surface area (Å²) < 4.78 is 5.27. The molecule has 0 aromatic heterocycles. The molecule has 0 saturated carbocycles. The molecule has 1 aromatic carbocycles. The Labute approximate surface area is 123 Å². The average molecular weight is 289 g/mol. The van der Waals surface area contributed by atoms with Crippen LogP contribution in [0.4, 0.5) is 4.79 Å². The van der Waals surface area contributed by atoms with E-state index in [2.05, 4.69) is 10.2 Å². The van der Waals surface area contributed by atoms with Gasteiger partial charge in [0.15, 0.2) is 0 Å². The molecule has 0 radical (unpaired) electrons. The van der Waals surface area contributed by atoms with Crippen LogP contribution in [0.15, 0.2) is 30.3 Å². The van der Waals surface area contributed by atoms with Crippen LogP contribution in [-0.2, 0) is 16.0 Å². The summed E-state index contributed by atoms with van der Waals surface area (Å²) in [6, 6.07) is 8.97. The van der Waals surface area contributed by atoms with Crippen molar-refractivity contribution in [1.29, 1.82) is 0 Å². The standard InChI is InChI=1S/C15H19N3O3/c19-14-13(10-12-4-2-1-3-5-12)16-15(20)18(14)11-17-6-8-21-9-7-17/h1-5,13H,6-11H2,(H,16,20)/t13-/m0/s1. The van der Waals surface area contributed by atoms with E-state index in [1.807, 2.05) is 30.3 Å². The number of amides is 3. The topological polar surface area (TPSA) is 61.9 Å². The van der Waals surface area contributed by atoms with Crippen molar-refractivity contribution in [3.63, 3.8) is 0 Å². The van der Waals surface area contributed by atoms with Crippen LogP contribution in [0.1, 0.15) is 5.56 Å². The van der Waals surface area contributed by atoms with E-state index in [0.717, 1.165) is 18.7 Å². The van der Waals surface area contributed by atoms with Crippen molar-refractivity contribution >= 4 is 11.9 Å². The summed E-state index contributed by atoms with van der Waals surface area (Å²) in [5.41, 5.74) is 1.05. The van der Waals surface area contributed by atoms with E-state index in [0.29, 0.717) is 26.3 Å². The van der Waals surface area contributed by atoms with Crippen molar-refractivity contribution in [2.75, 3.05) is 33.0 Å². The number of benzene rings is 1. The normalized spacial score (nSPS) is 23.4. The molecule has 6 heteroatoms. The van der Waals surface area contributed by atoms with Gasteiger partial charge in [-0.2, -0.15) is 0 Å². The Kier molecular flexibility index (Phi) is 4.17. The lowest BCUT2D eigenvalue weighted by molar-refractivity contribution is -0.129. The lowest BCUT2D eigenvalue weighted by Gasteiger charge is -2.29. The van der Waals surface area contributed by atoms with Crippen LogP contribution in [0.5, 0.6) is 0 Å². The van der Waals surface area contributed by atoms with E-state index in [1.54, 1.807) is 0 Å². The summed E-state index contributed by atoms with van der Waals surface area (Å²) in [7, 11) is 0. The molecule has 0 bridgehead atoms. The second-order valence-corrected chi connectivity index (χ2v) is 5.33. The zero-order valence-electron chi connectivity index (χ0n) is 11.8. The molecule has 6 nitrogen and oxygen atoms in total. The van der Waals surface area contributed by atoms with Crippen LogP contribution in [-0.4, -0.2) is 60.8 Å². The smallest absolute Gasteiger partial charge is 0.325 e. The summed E-state index contributed by atoms with van der Waals surface area (Å²) in [5.74, 6) is -0.143.